The van der Waals surface area contributed by atoms with Gasteiger partial charge in [-0.15, -0.1) is 11.8 Å². The molecule has 0 N–H and O–H groups in total. The van der Waals surface area contributed by atoms with Crippen LogP contribution in [0, 0.1) is 5.82 Å². The van der Waals surface area contributed by atoms with Crippen molar-refractivity contribution in [3.05, 3.63) is 42.0 Å². The van der Waals surface area contributed by atoms with Crippen LogP contribution in [-0.2, 0) is 6.54 Å². The van der Waals surface area contributed by atoms with Crippen molar-refractivity contribution in [1.82, 2.24) is 9.78 Å². The quantitative estimate of drug-likeness (QED) is 0.581. The summed E-state index contributed by atoms with van der Waals surface area (Å²) < 4.78 is 19.7. The number of rotatable bonds is 7. The number of benzene rings is 1. The highest BCUT2D eigenvalue weighted by molar-refractivity contribution is 8.00. The van der Waals surface area contributed by atoms with E-state index in [1.807, 2.05) is 6.92 Å². The van der Waals surface area contributed by atoms with E-state index in [1.54, 1.807) is 23.0 Å². The molecule has 0 fully saturated rings. The van der Waals surface area contributed by atoms with Crippen molar-refractivity contribution in [2.75, 3.05) is 12.9 Å². The molecule has 6 heteroatoms. The average molecular weight is 308 g/mol. The van der Waals surface area contributed by atoms with Crippen LogP contribution in [0.4, 0.5) is 4.39 Å². The number of ketones is 1. The smallest absolute Gasteiger partial charge is 0.194 e. The number of nitrogens with zero attached hydrogens (tertiary/aromatic N) is 2. The normalized spacial score (nSPS) is 10.6. The Labute approximate surface area is 127 Å². The number of carbonyl (C=O) groups is 1. The van der Waals surface area contributed by atoms with Gasteiger partial charge in [0, 0.05) is 11.4 Å². The molecule has 0 unspecified atom stereocenters. The maximum absolute atomic E-state index is 12.8. The Bertz CT molecular complexity index is 611. The van der Waals surface area contributed by atoms with Crippen LogP contribution >= 0.6 is 11.8 Å². The maximum atomic E-state index is 12.8. The first-order valence-electron chi connectivity index (χ1n) is 6.67. The topological polar surface area (TPSA) is 44.1 Å². The second-order valence-electron chi connectivity index (χ2n) is 4.45. The van der Waals surface area contributed by atoms with Gasteiger partial charge in [-0.2, -0.15) is 5.10 Å². The number of ether oxygens (including phenoxy) is 1. The molecule has 0 spiro atoms. The summed E-state index contributed by atoms with van der Waals surface area (Å²) in [5.41, 5.74) is 0.494. The minimum Gasteiger partial charge on any atom is -0.493 e. The molecule has 1 aromatic carbocycles. The first-order chi connectivity index (χ1) is 10.2. The third-order valence-electron chi connectivity index (χ3n) is 2.91. The van der Waals surface area contributed by atoms with Crippen LogP contribution in [-0.4, -0.2) is 28.4 Å². The van der Waals surface area contributed by atoms with Crippen molar-refractivity contribution >= 4 is 17.5 Å². The van der Waals surface area contributed by atoms with Gasteiger partial charge in [0.25, 0.3) is 0 Å². The molecular weight excluding hydrogens is 291 g/mol. The number of Topliss-reactive ketones (excluding diaryl/α,β-unsaturated/α-hetero) is 1. The number of thioether (sulfide) groups is 1. The fraction of sp³-hybridized carbons (Fsp3) is 0.333. The van der Waals surface area contributed by atoms with Crippen LogP contribution in [0.3, 0.4) is 0 Å². The Morgan fingerprint density at radius 1 is 1.38 bits per heavy atom. The van der Waals surface area contributed by atoms with Crippen molar-refractivity contribution in [3.8, 4) is 5.75 Å². The second-order valence-corrected chi connectivity index (χ2v) is 5.50. The van der Waals surface area contributed by atoms with Gasteiger partial charge in [0.2, 0.25) is 0 Å². The van der Waals surface area contributed by atoms with Gasteiger partial charge in [-0.1, -0.05) is 6.92 Å². The zero-order valence-electron chi connectivity index (χ0n) is 12.0. The van der Waals surface area contributed by atoms with Crippen molar-refractivity contribution < 1.29 is 13.9 Å². The highest BCUT2D eigenvalue weighted by atomic mass is 32.2. The molecule has 112 valence electrons. The fourth-order valence-corrected chi connectivity index (χ4v) is 2.69. The first-order valence-corrected chi connectivity index (χ1v) is 7.65. The van der Waals surface area contributed by atoms with Crippen molar-refractivity contribution in [2.45, 2.75) is 24.8 Å². The average Bonchev–Trinajstić information content (AvgIpc) is 2.90. The van der Waals surface area contributed by atoms with Gasteiger partial charge in [0.15, 0.2) is 11.5 Å². The van der Waals surface area contributed by atoms with Gasteiger partial charge in [0.05, 0.1) is 19.1 Å². The lowest BCUT2D eigenvalue weighted by Gasteiger charge is -2.07. The van der Waals surface area contributed by atoms with Gasteiger partial charge in [-0.05, 0) is 30.7 Å². The monoisotopic (exact) mass is 308 g/mol. The summed E-state index contributed by atoms with van der Waals surface area (Å²) in [6.07, 6.45) is 2.45. The highest BCUT2D eigenvalue weighted by Crippen LogP contribution is 2.23. The number of aromatic nitrogens is 2. The van der Waals surface area contributed by atoms with Crippen LogP contribution in [0.5, 0.6) is 5.75 Å². The van der Waals surface area contributed by atoms with E-state index in [0.29, 0.717) is 18.0 Å². The third kappa shape index (κ3) is 3.85. The van der Waals surface area contributed by atoms with Crippen LogP contribution < -0.4 is 4.74 Å². The number of carbonyl (C=O) groups excluding carboxylic acids is 1. The van der Waals surface area contributed by atoms with E-state index in [-0.39, 0.29) is 17.4 Å². The molecule has 0 bridgehead atoms. The van der Waals surface area contributed by atoms with Gasteiger partial charge in [-0.25, -0.2) is 4.39 Å². The Morgan fingerprint density at radius 2 is 2.10 bits per heavy atom. The molecule has 21 heavy (non-hydrogen) atoms. The molecule has 0 amide bonds. The first kappa shape index (κ1) is 15.6. The predicted molar refractivity (Wildman–Crippen MR) is 80.5 cm³/mol. The molecule has 2 rings (SSSR count). The van der Waals surface area contributed by atoms with E-state index < -0.39 is 0 Å². The van der Waals surface area contributed by atoms with Crippen LogP contribution in [0.15, 0.2) is 35.4 Å². The number of hydrogen-bond donors (Lipinski definition) is 0. The van der Waals surface area contributed by atoms with Crippen LogP contribution in [0.2, 0.25) is 0 Å². The summed E-state index contributed by atoms with van der Waals surface area (Å²) in [5, 5.41) is 4.18. The molecule has 0 aliphatic heterocycles. The Morgan fingerprint density at radius 3 is 2.71 bits per heavy atom. The number of halogens is 1. The molecule has 1 aromatic heterocycles. The minimum absolute atomic E-state index is 0.0490. The zero-order chi connectivity index (χ0) is 15.2. The Kier molecular flexibility index (Phi) is 5.38. The van der Waals surface area contributed by atoms with Gasteiger partial charge in [-0.3, -0.25) is 9.48 Å². The Balaban J connectivity index is 2.09. The van der Waals surface area contributed by atoms with E-state index in [4.69, 9.17) is 4.74 Å². The predicted octanol–water partition coefficient (Wildman–Crippen LogP) is 3.42. The molecule has 0 atom stereocenters. The lowest BCUT2D eigenvalue weighted by Crippen LogP contribution is -2.13. The second kappa shape index (κ2) is 7.26. The lowest BCUT2D eigenvalue weighted by atomic mass is 10.3. The molecule has 2 aromatic rings. The van der Waals surface area contributed by atoms with Crippen molar-refractivity contribution in [3.63, 3.8) is 0 Å². The third-order valence-corrected chi connectivity index (χ3v) is 3.92. The minimum atomic E-state index is -0.284. The summed E-state index contributed by atoms with van der Waals surface area (Å²) in [6, 6.07) is 6.09. The van der Waals surface area contributed by atoms with E-state index in [1.165, 1.54) is 31.0 Å². The van der Waals surface area contributed by atoms with Gasteiger partial charge >= 0.3 is 0 Å². The number of aryl methyl sites for hydroxylation is 1. The van der Waals surface area contributed by atoms with Crippen molar-refractivity contribution in [2.24, 2.45) is 0 Å². The molecule has 0 saturated carbocycles. The largest absolute Gasteiger partial charge is 0.493 e. The van der Waals surface area contributed by atoms with E-state index in [2.05, 4.69) is 5.10 Å². The Hall–Kier alpha value is -1.82. The molecule has 1 heterocycles. The molecule has 0 aliphatic carbocycles. The summed E-state index contributed by atoms with van der Waals surface area (Å²) in [7, 11) is 1.52. The maximum Gasteiger partial charge on any atom is 0.194 e. The summed E-state index contributed by atoms with van der Waals surface area (Å²) in [6.45, 7) is 2.70. The fourth-order valence-electron chi connectivity index (χ4n) is 1.93. The van der Waals surface area contributed by atoms with E-state index in [0.717, 1.165) is 11.3 Å². The highest BCUT2D eigenvalue weighted by Gasteiger charge is 2.19. The van der Waals surface area contributed by atoms with E-state index in [9.17, 15) is 9.18 Å². The van der Waals surface area contributed by atoms with Crippen molar-refractivity contribution in [1.29, 1.82) is 0 Å². The molecular formula is C15H17FN2O2S. The van der Waals surface area contributed by atoms with Crippen LogP contribution in [0.25, 0.3) is 0 Å². The molecule has 4 nitrogen and oxygen atoms in total. The molecule has 0 radical (unpaired) electrons. The SMILES string of the molecule is CCCn1ncc(OC)c1C(=O)CSc1ccc(F)cc1. The zero-order valence-corrected chi connectivity index (χ0v) is 12.8. The number of methoxy groups -OCH3 is 1. The standard InChI is InChI=1S/C15H17FN2O2S/c1-3-8-18-15(14(20-2)9-17-18)13(19)10-21-12-6-4-11(16)5-7-12/h4-7,9H,3,8,10H2,1-2H3. The number of hydrogen-bond acceptors (Lipinski definition) is 4. The summed E-state index contributed by atoms with van der Waals surface area (Å²) in [5.74, 6) is 0.422. The van der Waals surface area contributed by atoms with Crippen LogP contribution in [0.1, 0.15) is 23.8 Å². The van der Waals surface area contributed by atoms with E-state index >= 15 is 0 Å². The summed E-state index contributed by atoms with van der Waals surface area (Å²) in [4.78, 5) is 13.2. The van der Waals surface area contributed by atoms with Gasteiger partial charge in [0.1, 0.15) is 11.5 Å². The molecule has 0 saturated heterocycles. The molecule has 0 aliphatic rings. The lowest BCUT2D eigenvalue weighted by molar-refractivity contribution is 0.100. The summed E-state index contributed by atoms with van der Waals surface area (Å²) >= 11 is 1.37. The van der Waals surface area contributed by atoms with Gasteiger partial charge < -0.3 is 4.74 Å².